The maximum absolute atomic E-state index is 11.6. The van der Waals surface area contributed by atoms with E-state index in [9.17, 15) is 4.79 Å². The zero-order valence-electron chi connectivity index (χ0n) is 10.6. The number of rotatable bonds is 5. The minimum absolute atomic E-state index is 0.0446. The zero-order valence-corrected chi connectivity index (χ0v) is 10.6. The Morgan fingerprint density at radius 2 is 2.31 bits per heavy atom. The normalized spacial score (nSPS) is 24.1. The Kier molecular flexibility index (Phi) is 5.77. The first kappa shape index (κ1) is 13.5. The number of likely N-dealkylation sites (tertiary alicyclic amines) is 1. The minimum Gasteiger partial charge on any atom is -0.466 e. The molecular formula is C12H23NO3. The molecule has 16 heavy (non-hydrogen) atoms. The van der Waals surface area contributed by atoms with Crippen molar-refractivity contribution < 1.29 is 14.3 Å². The van der Waals surface area contributed by atoms with E-state index in [0.29, 0.717) is 12.6 Å². The van der Waals surface area contributed by atoms with Crippen molar-refractivity contribution >= 4 is 5.97 Å². The van der Waals surface area contributed by atoms with Crippen LogP contribution in [0.25, 0.3) is 0 Å². The summed E-state index contributed by atoms with van der Waals surface area (Å²) in [6, 6.07) is 0.377. The molecule has 0 aromatic heterocycles. The number of ether oxygens (including phenoxy) is 2. The molecule has 0 aromatic carbocycles. The third kappa shape index (κ3) is 3.76. The summed E-state index contributed by atoms with van der Waals surface area (Å²) in [5.41, 5.74) is 0. The van der Waals surface area contributed by atoms with Gasteiger partial charge in [-0.25, -0.2) is 0 Å². The van der Waals surface area contributed by atoms with Gasteiger partial charge in [0.1, 0.15) is 0 Å². The van der Waals surface area contributed by atoms with Crippen LogP contribution in [0.1, 0.15) is 26.7 Å². The average molecular weight is 229 g/mol. The summed E-state index contributed by atoms with van der Waals surface area (Å²) in [4.78, 5) is 14.0. The van der Waals surface area contributed by atoms with Crippen molar-refractivity contribution in [2.24, 2.45) is 5.92 Å². The van der Waals surface area contributed by atoms with E-state index in [-0.39, 0.29) is 11.9 Å². The first-order chi connectivity index (χ1) is 7.69. The predicted molar refractivity (Wildman–Crippen MR) is 62.3 cm³/mol. The molecule has 0 aliphatic carbocycles. The number of carbonyl (C=O) groups is 1. The van der Waals surface area contributed by atoms with Crippen molar-refractivity contribution in [2.45, 2.75) is 32.7 Å². The zero-order chi connectivity index (χ0) is 12.0. The summed E-state index contributed by atoms with van der Waals surface area (Å²) >= 11 is 0. The van der Waals surface area contributed by atoms with Crippen molar-refractivity contribution in [3.63, 3.8) is 0 Å². The Morgan fingerprint density at radius 3 is 2.94 bits per heavy atom. The fourth-order valence-corrected chi connectivity index (χ4v) is 2.21. The number of hydrogen-bond donors (Lipinski definition) is 0. The number of nitrogens with zero attached hydrogens (tertiary/aromatic N) is 1. The minimum atomic E-state index is -0.0446. The second-order valence-electron chi connectivity index (χ2n) is 4.39. The SMILES string of the molecule is CCOC(=O)[C@@H]1CCCN(C(C)COC)C1. The molecule has 0 amide bonds. The lowest BCUT2D eigenvalue weighted by Crippen LogP contribution is -2.45. The van der Waals surface area contributed by atoms with Gasteiger partial charge >= 0.3 is 5.97 Å². The molecule has 1 aliphatic rings. The third-order valence-electron chi connectivity index (χ3n) is 3.10. The van der Waals surface area contributed by atoms with Gasteiger partial charge in [-0.15, -0.1) is 0 Å². The summed E-state index contributed by atoms with van der Waals surface area (Å²) in [7, 11) is 1.71. The van der Waals surface area contributed by atoms with E-state index in [0.717, 1.165) is 32.5 Å². The molecule has 0 spiro atoms. The number of esters is 1. The van der Waals surface area contributed by atoms with Gasteiger partial charge in [0, 0.05) is 19.7 Å². The van der Waals surface area contributed by atoms with Gasteiger partial charge in [-0.05, 0) is 33.2 Å². The highest BCUT2D eigenvalue weighted by Crippen LogP contribution is 2.19. The van der Waals surface area contributed by atoms with E-state index in [1.807, 2.05) is 6.92 Å². The highest BCUT2D eigenvalue weighted by atomic mass is 16.5. The molecule has 4 heteroatoms. The lowest BCUT2D eigenvalue weighted by molar-refractivity contribution is -0.150. The van der Waals surface area contributed by atoms with E-state index < -0.39 is 0 Å². The Labute approximate surface area is 97.9 Å². The van der Waals surface area contributed by atoms with Crippen LogP contribution in [0.2, 0.25) is 0 Å². The number of methoxy groups -OCH3 is 1. The van der Waals surface area contributed by atoms with Gasteiger partial charge < -0.3 is 9.47 Å². The predicted octanol–water partition coefficient (Wildman–Crippen LogP) is 1.30. The molecule has 0 radical (unpaired) electrons. The molecule has 1 fully saturated rings. The molecule has 0 bridgehead atoms. The van der Waals surface area contributed by atoms with Crippen molar-refractivity contribution in [1.82, 2.24) is 4.90 Å². The summed E-state index contributed by atoms with van der Waals surface area (Å²) < 4.78 is 10.2. The van der Waals surface area contributed by atoms with Crippen molar-refractivity contribution in [3.05, 3.63) is 0 Å². The molecular weight excluding hydrogens is 206 g/mol. The Bertz CT molecular complexity index is 220. The molecule has 1 unspecified atom stereocenters. The van der Waals surface area contributed by atoms with Crippen LogP contribution < -0.4 is 0 Å². The number of carbonyl (C=O) groups excluding carboxylic acids is 1. The smallest absolute Gasteiger partial charge is 0.310 e. The van der Waals surface area contributed by atoms with E-state index in [1.165, 1.54) is 0 Å². The molecule has 0 saturated carbocycles. The average Bonchev–Trinajstić information content (AvgIpc) is 2.30. The largest absolute Gasteiger partial charge is 0.466 e. The lowest BCUT2D eigenvalue weighted by atomic mass is 9.97. The third-order valence-corrected chi connectivity index (χ3v) is 3.10. The van der Waals surface area contributed by atoms with Crippen molar-refractivity contribution in [1.29, 1.82) is 0 Å². The van der Waals surface area contributed by atoms with Crippen LogP contribution in [-0.4, -0.2) is 50.3 Å². The van der Waals surface area contributed by atoms with E-state index in [2.05, 4.69) is 11.8 Å². The molecule has 1 rings (SSSR count). The first-order valence-corrected chi connectivity index (χ1v) is 6.08. The van der Waals surface area contributed by atoms with Crippen molar-refractivity contribution in [3.8, 4) is 0 Å². The number of hydrogen-bond acceptors (Lipinski definition) is 4. The van der Waals surface area contributed by atoms with Crippen LogP contribution in [-0.2, 0) is 14.3 Å². The molecule has 0 N–H and O–H groups in total. The Morgan fingerprint density at radius 1 is 1.56 bits per heavy atom. The van der Waals surface area contributed by atoms with Crippen LogP contribution in [0.15, 0.2) is 0 Å². The second kappa shape index (κ2) is 6.86. The maximum atomic E-state index is 11.6. The fourth-order valence-electron chi connectivity index (χ4n) is 2.21. The van der Waals surface area contributed by atoms with Crippen LogP contribution in [0.5, 0.6) is 0 Å². The second-order valence-corrected chi connectivity index (χ2v) is 4.39. The molecule has 2 atom stereocenters. The summed E-state index contributed by atoms with van der Waals surface area (Å²) in [6.07, 6.45) is 2.02. The van der Waals surface area contributed by atoms with Gasteiger partial charge in [-0.1, -0.05) is 0 Å². The molecule has 4 nitrogen and oxygen atoms in total. The van der Waals surface area contributed by atoms with Gasteiger partial charge in [-0.3, -0.25) is 9.69 Å². The summed E-state index contributed by atoms with van der Waals surface area (Å²) in [5.74, 6) is 0.00447. The topological polar surface area (TPSA) is 38.8 Å². The molecule has 1 aliphatic heterocycles. The van der Waals surface area contributed by atoms with Crippen LogP contribution in [0, 0.1) is 5.92 Å². The fraction of sp³-hybridized carbons (Fsp3) is 0.917. The Balaban J connectivity index is 2.43. The summed E-state index contributed by atoms with van der Waals surface area (Å²) in [6.45, 7) is 7.05. The van der Waals surface area contributed by atoms with E-state index in [1.54, 1.807) is 7.11 Å². The van der Waals surface area contributed by atoms with E-state index in [4.69, 9.17) is 9.47 Å². The standard InChI is InChI=1S/C12H23NO3/c1-4-16-12(14)11-6-5-7-13(8-11)10(2)9-15-3/h10-11H,4-9H2,1-3H3/t10?,11-/m1/s1. The van der Waals surface area contributed by atoms with E-state index >= 15 is 0 Å². The highest BCUT2D eigenvalue weighted by Gasteiger charge is 2.28. The number of piperidine rings is 1. The lowest BCUT2D eigenvalue weighted by Gasteiger charge is -2.35. The van der Waals surface area contributed by atoms with Gasteiger partial charge in [-0.2, -0.15) is 0 Å². The quantitative estimate of drug-likeness (QED) is 0.666. The molecule has 1 saturated heterocycles. The van der Waals surface area contributed by atoms with Crippen LogP contribution in [0.4, 0.5) is 0 Å². The first-order valence-electron chi connectivity index (χ1n) is 6.08. The Hall–Kier alpha value is -0.610. The van der Waals surface area contributed by atoms with Crippen molar-refractivity contribution in [2.75, 3.05) is 33.4 Å². The highest BCUT2D eigenvalue weighted by molar-refractivity contribution is 5.72. The summed E-state index contributed by atoms with van der Waals surface area (Å²) in [5, 5.41) is 0. The van der Waals surface area contributed by atoms with Gasteiger partial charge in [0.15, 0.2) is 0 Å². The van der Waals surface area contributed by atoms with Crippen LogP contribution in [0.3, 0.4) is 0 Å². The molecule has 1 heterocycles. The van der Waals surface area contributed by atoms with Gasteiger partial charge in [0.05, 0.1) is 19.1 Å². The monoisotopic (exact) mass is 229 g/mol. The van der Waals surface area contributed by atoms with Gasteiger partial charge in [0.25, 0.3) is 0 Å². The molecule has 0 aromatic rings. The molecule has 94 valence electrons. The maximum Gasteiger partial charge on any atom is 0.310 e. The van der Waals surface area contributed by atoms with Gasteiger partial charge in [0.2, 0.25) is 0 Å². The van der Waals surface area contributed by atoms with Crippen LogP contribution >= 0.6 is 0 Å².